The molecule has 7 nitrogen and oxygen atoms in total. The van der Waals surface area contributed by atoms with Crippen molar-refractivity contribution in [2.45, 2.75) is 26.6 Å². The number of benzene rings is 2. The molecule has 0 saturated heterocycles. The Kier molecular flexibility index (Phi) is 6.33. The second-order valence-electron chi connectivity index (χ2n) is 7.71. The fourth-order valence-electron chi connectivity index (χ4n) is 3.15. The number of imide groups is 1. The summed E-state index contributed by atoms with van der Waals surface area (Å²) in [7, 11) is 0. The van der Waals surface area contributed by atoms with Gasteiger partial charge >= 0.3 is 12.1 Å². The molecule has 0 radical (unpaired) electrons. The zero-order valence-electron chi connectivity index (χ0n) is 17.2. The molecule has 0 aliphatic carbocycles. The van der Waals surface area contributed by atoms with E-state index in [-0.39, 0.29) is 41.6 Å². The smallest absolute Gasteiger partial charge is 0.344 e. The number of nitrogens with zero attached hydrogens (tertiary/aromatic N) is 1. The van der Waals surface area contributed by atoms with Gasteiger partial charge in [-0.1, -0.05) is 26.0 Å². The monoisotopic (exact) mass is 447 g/mol. The minimum atomic E-state index is -4.96. The van der Waals surface area contributed by atoms with E-state index in [4.69, 9.17) is 0 Å². The number of halogens is 3. The molecule has 1 aliphatic rings. The molecule has 0 spiro atoms. The molecule has 2 N–H and O–H groups in total. The molecule has 1 aliphatic heterocycles. The van der Waals surface area contributed by atoms with Crippen LogP contribution < -0.4 is 10.6 Å². The molecular formula is C22H20F3N3O4. The van der Waals surface area contributed by atoms with E-state index in [0.29, 0.717) is 11.3 Å². The number of anilines is 1. The van der Waals surface area contributed by atoms with Crippen LogP contribution in [0.1, 0.15) is 50.5 Å². The molecule has 0 fully saturated rings. The third kappa shape index (κ3) is 4.96. The van der Waals surface area contributed by atoms with Crippen molar-refractivity contribution in [1.82, 2.24) is 10.2 Å². The van der Waals surface area contributed by atoms with Gasteiger partial charge in [-0.3, -0.25) is 24.1 Å². The quantitative estimate of drug-likeness (QED) is 0.664. The lowest BCUT2D eigenvalue weighted by Gasteiger charge is -2.15. The van der Waals surface area contributed by atoms with Crippen molar-refractivity contribution in [3.05, 3.63) is 64.7 Å². The van der Waals surface area contributed by atoms with Crippen molar-refractivity contribution in [3.63, 3.8) is 0 Å². The Labute approximate surface area is 181 Å². The highest BCUT2D eigenvalue weighted by molar-refractivity contribution is 6.22. The molecule has 2 aromatic rings. The molecule has 32 heavy (non-hydrogen) atoms. The van der Waals surface area contributed by atoms with Crippen LogP contribution in [0, 0.1) is 5.92 Å². The molecule has 0 atom stereocenters. The summed E-state index contributed by atoms with van der Waals surface area (Å²) in [6.07, 6.45) is -4.96. The summed E-state index contributed by atoms with van der Waals surface area (Å²) < 4.78 is 36.7. The summed E-state index contributed by atoms with van der Waals surface area (Å²) in [5, 5.41) is 4.38. The van der Waals surface area contributed by atoms with Crippen LogP contribution in [0.2, 0.25) is 0 Å². The molecule has 0 saturated carbocycles. The first kappa shape index (κ1) is 23.0. The standard InChI is InChI=1S/C22H20F3N3O4/c1-12(2)11-28-19(30)16-8-5-14(9-17(16)20(28)31)18(29)27-15-6-3-13(4-7-15)10-26-21(32)22(23,24)25/h3-9,12H,10-11H2,1-2H3,(H,26,32)(H,27,29). The molecular weight excluding hydrogens is 427 g/mol. The molecule has 168 valence electrons. The topological polar surface area (TPSA) is 95.6 Å². The highest BCUT2D eigenvalue weighted by Crippen LogP contribution is 2.25. The third-order valence-corrected chi connectivity index (χ3v) is 4.70. The Balaban J connectivity index is 1.66. The van der Waals surface area contributed by atoms with Crippen molar-refractivity contribution < 1.29 is 32.3 Å². The number of carbonyl (C=O) groups excluding carboxylic acids is 4. The number of hydrogen-bond donors (Lipinski definition) is 2. The van der Waals surface area contributed by atoms with Gasteiger partial charge in [-0.05, 0) is 41.8 Å². The third-order valence-electron chi connectivity index (χ3n) is 4.70. The van der Waals surface area contributed by atoms with E-state index < -0.39 is 23.9 Å². The van der Waals surface area contributed by atoms with Gasteiger partial charge in [-0.15, -0.1) is 0 Å². The Morgan fingerprint density at radius 3 is 2.19 bits per heavy atom. The van der Waals surface area contributed by atoms with E-state index in [1.807, 2.05) is 13.8 Å². The summed E-state index contributed by atoms with van der Waals surface area (Å²) >= 11 is 0. The fourth-order valence-corrected chi connectivity index (χ4v) is 3.15. The summed E-state index contributed by atoms with van der Waals surface area (Å²) in [6.45, 7) is 3.74. The fraction of sp³-hybridized carbons (Fsp3) is 0.273. The normalized spacial score (nSPS) is 13.4. The van der Waals surface area contributed by atoms with Gasteiger partial charge < -0.3 is 10.6 Å². The molecule has 4 amide bonds. The van der Waals surface area contributed by atoms with Gasteiger partial charge in [-0.25, -0.2) is 0 Å². The second kappa shape index (κ2) is 8.81. The molecule has 0 bridgehead atoms. The average Bonchev–Trinajstić information content (AvgIpc) is 2.96. The van der Waals surface area contributed by atoms with Gasteiger partial charge in [0.05, 0.1) is 11.1 Å². The Morgan fingerprint density at radius 1 is 0.969 bits per heavy atom. The summed E-state index contributed by atoms with van der Waals surface area (Å²) in [4.78, 5) is 49.6. The largest absolute Gasteiger partial charge is 0.471 e. The maximum absolute atomic E-state index is 12.6. The van der Waals surface area contributed by atoms with E-state index in [0.717, 1.165) is 4.90 Å². The van der Waals surface area contributed by atoms with E-state index in [2.05, 4.69) is 5.32 Å². The number of hydrogen-bond acceptors (Lipinski definition) is 4. The average molecular weight is 447 g/mol. The zero-order chi connectivity index (χ0) is 23.6. The lowest BCUT2D eigenvalue weighted by molar-refractivity contribution is -0.173. The number of rotatable bonds is 6. The minimum absolute atomic E-state index is 0.102. The lowest BCUT2D eigenvalue weighted by Crippen LogP contribution is -2.36. The van der Waals surface area contributed by atoms with E-state index in [1.165, 1.54) is 42.5 Å². The van der Waals surface area contributed by atoms with Crippen LogP contribution >= 0.6 is 0 Å². The summed E-state index contributed by atoms with van der Waals surface area (Å²) in [5.41, 5.74) is 1.37. The highest BCUT2D eigenvalue weighted by atomic mass is 19.4. The van der Waals surface area contributed by atoms with Crippen molar-refractivity contribution in [1.29, 1.82) is 0 Å². The maximum atomic E-state index is 12.6. The van der Waals surface area contributed by atoms with Gasteiger partial charge in [0.2, 0.25) is 0 Å². The first-order chi connectivity index (χ1) is 15.0. The first-order valence-electron chi connectivity index (χ1n) is 9.73. The Bertz CT molecular complexity index is 1080. The summed E-state index contributed by atoms with van der Waals surface area (Å²) in [6, 6.07) is 10.1. The zero-order valence-corrected chi connectivity index (χ0v) is 17.2. The molecule has 10 heteroatoms. The lowest BCUT2D eigenvalue weighted by atomic mass is 10.1. The van der Waals surface area contributed by atoms with E-state index in [9.17, 15) is 32.3 Å². The number of carbonyl (C=O) groups is 4. The molecule has 3 rings (SSSR count). The van der Waals surface area contributed by atoms with Gasteiger partial charge in [0, 0.05) is 24.3 Å². The molecule has 0 unspecified atom stereocenters. The predicted molar refractivity (Wildman–Crippen MR) is 109 cm³/mol. The maximum Gasteiger partial charge on any atom is 0.471 e. The van der Waals surface area contributed by atoms with Crippen molar-refractivity contribution in [2.24, 2.45) is 5.92 Å². The van der Waals surface area contributed by atoms with Gasteiger partial charge in [0.1, 0.15) is 0 Å². The highest BCUT2D eigenvalue weighted by Gasteiger charge is 2.38. The van der Waals surface area contributed by atoms with Crippen molar-refractivity contribution in [3.8, 4) is 0 Å². The minimum Gasteiger partial charge on any atom is -0.344 e. The number of nitrogens with one attached hydrogen (secondary N) is 2. The van der Waals surface area contributed by atoms with Crippen LogP contribution in [0.5, 0.6) is 0 Å². The second-order valence-corrected chi connectivity index (χ2v) is 7.71. The SMILES string of the molecule is CC(C)CN1C(=O)c2ccc(C(=O)Nc3ccc(CNC(=O)C(F)(F)F)cc3)cc2C1=O. The van der Waals surface area contributed by atoms with E-state index in [1.54, 1.807) is 5.32 Å². The van der Waals surface area contributed by atoms with Crippen molar-refractivity contribution >= 4 is 29.3 Å². The predicted octanol–water partition coefficient (Wildman–Crippen LogP) is 3.37. The number of fused-ring (bicyclic) bond motifs is 1. The van der Waals surface area contributed by atoms with Crippen LogP contribution in [-0.2, 0) is 11.3 Å². The van der Waals surface area contributed by atoms with Crippen LogP contribution in [0.4, 0.5) is 18.9 Å². The molecule has 0 aromatic heterocycles. The van der Waals surface area contributed by atoms with Gasteiger partial charge in [-0.2, -0.15) is 13.2 Å². The Hall–Kier alpha value is -3.69. The molecule has 1 heterocycles. The van der Waals surface area contributed by atoms with Crippen LogP contribution in [0.15, 0.2) is 42.5 Å². The van der Waals surface area contributed by atoms with Crippen LogP contribution in [-0.4, -0.2) is 41.2 Å². The van der Waals surface area contributed by atoms with Crippen molar-refractivity contribution in [2.75, 3.05) is 11.9 Å². The Morgan fingerprint density at radius 2 is 1.59 bits per heavy atom. The number of alkyl halides is 3. The first-order valence-corrected chi connectivity index (χ1v) is 9.73. The molecule has 2 aromatic carbocycles. The van der Waals surface area contributed by atoms with Crippen LogP contribution in [0.3, 0.4) is 0 Å². The summed E-state index contributed by atoms with van der Waals surface area (Å²) in [5.74, 6) is -3.29. The van der Waals surface area contributed by atoms with Gasteiger partial charge in [0.25, 0.3) is 17.7 Å². The van der Waals surface area contributed by atoms with Gasteiger partial charge in [0.15, 0.2) is 0 Å². The van der Waals surface area contributed by atoms with E-state index >= 15 is 0 Å². The van der Waals surface area contributed by atoms with Crippen LogP contribution in [0.25, 0.3) is 0 Å². The number of amides is 4.